The van der Waals surface area contributed by atoms with E-state index in [9.17, 15) is 0 Å². The minimum atomic E-state index is 0.636. The molecule has 0 aliphatic heterocycles. The highest BCUT2D eigenvalue weighted by atomic mass is 35.5. The summed E-state index contributed by atoms with van der Waals surface area (Å²) in [5.41, 5.74) is 3.11. The van der Waals surface area contributed by atoms with E-state index in [1.165, 1.54) is 0 Å². The fraction of sp³-hybridized carbons (Fsp3) is 0.0625. The van der Waals surface area contributed by atoms with Crippen LogP contribution in [0.2, 0.25) is 10.0 Å². The van der Waals surface area contributed by atoms with Crippen molar-refractivity contribution < 1.29 is 0 Å². The van der Waals surface area contributed by atoms with Crippen molar-refractivity contribution in [3.8, 4) is 0 Å². The SMILES string of the molecule is N/N=C\c1cn(Cc2ccc(Cl)cc2Cl)c2ccccc12. The van der Waals surface area contributed by atoms with Gasteiger partial charge in [-0.1, -0.05) is 47.5 Å². The average Bonchev–Trinajstić information content (AvgIpc) is 2.81. The molecule has 106 valence electrons. The topological polar surface area (TPSA) is 43.3 Å². The molecular weight excluding hydrogens is 305 g/mol. The predicted octanol–water partition coefficient (Wildman–Crippen LogP) is 4.29. The Morgan fingerprint density at radius 2 is 1.95 bits per heavy atom. The molecule has 0 saturated carbocycles. The third-order valence-electron chi connectivity index (χ3n) is 3.39. The molecule has 0 fully saturated rings. The Morgan fingerprint density at radius 3 is 2.71 bits per heavy atom. The smallest absolute Gasteiger partial charge is 0.0559 e. The van der Waals surface area contributed by atoms with Gasteiger partial charge in [-0.25, -0.2) is 0 Å². The molecule has 0 saturated heterocycles. The maximum absolute atomic E-state index is 6.25. The second-order valence-corrected chi connectivity index (χ2v) is 5.59. The number of fused-ring (bicyclic) bond motifs is 1. The van der Waals surface area contributed by atoms with E-state index in [1.54, 1.807) is 12.3 Å². The first-order valence-electron chi connectivity index (χ1n) is 6.44. The highest BCUT2D eigenvalue weighted by molar-refractivity contribution is 6.35. The number of aromatic nitrogens is 1. The monoisotopic (exact) mass is 317 g/mol. The van der Waals surface area contributed by atoms with Gasteiger partial charge in [0.2, 0.25) is 0 Å². The van der Waals surface area contributed by atoms with E-state index in [2.05, 4.69) is 15.7 Å². The fourth-order valence-corrected chi connectivity index (χ4v) is 2.89. The summed E-state index contributed by atoms with van der Waals surface area (Å²) in [4.78, 5) is 0. The molecule has 0 atom stereocenters. The van der Waals surface area contributed by atoms with Crippen LogP contribution in [0.1, 0.15) is 11.1 Å². The van der Waals surface area contributed by atoms with E-state index in [-0.39, 0.29) is 0 Å². The minimum Gasteiger partial charge on any atom is -0.342 e. The zero-order valence-corrected chi connectivity index (χ0v) is 12.6. The minimum absolute atomic E-state index is 0.636. The normalized spacial score (nSPS) is 11.5. The van der Waals surface area contributed by atoms with Crippen LogP contribution in [0, 0.1) is 0 Å². The maximum Gasteiger partial charge on any atom is 0.0559 e. The first kappa shape index (κ1) is 14.0. The highest BCUT2D eigenvalue weighted by Gasteiger charge is 2.09. The van der Waals surface area contributed by atoms with Crippen molar-refractivity contribution in [3.05, 3.63) is 69.8 Å². The molecule has 1 heterocycles. The lowest BCUT2D eigenvalue weighted by Crippen LogP contribution is -1.98. The van der Waals surface area contributed by atoms with Gasteiger partial charge in [0.15, 0.2) is 0 Å². The van der Waals surface area contributed by atoms with Gasteiger partial charge in [0, 0.05) is 39.3 Å². The fourth-order valence-electron chi connectivity index (χ4n) is 2.42. The van der Waals surface area contributed by atoms with Crippen LogP contribution in [0.25, 0.3) is 10.9 Å². The molecule has 21 heavy (non-hydrogen) atoms. The van der Waals surface area contributed by atoms with Crippen molar-refractivity contribution in [3.63, 3.8) is 0 Å². The van der Waals surface area contributed by atoms with Gasteiger partial charge in [-0.15, -0.1) is 0 Å². The number of halogens is 2. The standard InChI is InChI=1S/C16H13Cl2N3/c17-13-6-5-11(15(18)7-13)9-21-10-12(8-20-19)14-3-1-2-4-16(14)21/h1-8,10H,9,19H2/b20-8-. The molecule has 0 amide bonds. The van der Waals surface area contributed by atoms with Crippen LogP contribution in [-0.4, -0.2) is 10.8 Å². The zero-order chi connectivity index (χ0) is 14.8. The van der Waals surface area contributed by atoms with E-state index in [0.29, 0.717) is 16.6 Å². The molecule has 0 aliphatic rings. The van der Waals surface area contributed by atoms with Gasteiger partial charge < -0.3 is 10.4 Å². The molecule has 1 aromatic heterocycles. The van der Waals surface area contributed by atoms with E-state index >= 15 is 0 Å². The number of para-hydroxylation sites is 1. The molecule has 2 N–H and O–H groups in total. The van der Waals surface area contributed by atoms with Crippen molar-refractivity contribution in [2.75, 3.05) is 0 Å². The van der Waals surface area contributed by atoms with Crippen molar-refractivity contribution >= 4 is 40.3 Å². The van der Waals surface area contributed by atoms with Crippen LogP contribution in [0.15, 0.2) is 53.8 Å². The molecular formula is C16H13Cl2N3. The molecule has 0 aliphatic carbocycles. The van der Waals surface area contributed by atoms with Crippen LogP contribution in [0.3, 0.4) is 0 Å². The Bertz CT molecular complexity index is 822. The molecule has 3 aromatic rings. The number of nitrogens with two attached hydrogens (primary N) is 1. The second kappa shape index (κ2) is 5.80. The van der Waals surface area contributed by atoms with Crippen molar-refractivity contribution in [1.29, 1.82) is 0 Å². The number of rotatable bonds is 3. The average molecular weight is 318 g/mol. The van der Waals surface area contributed by atoms with Crippen molar-refractivity contribution in [2.24, 2.45) is 10.9 Å². The summed E-state index contributed by atoms with van der Waals surface area (Å²) in [6.07, 6.45) is 3.67. The number of benzene rings is 2. The maximum atomic E-state index is 6.25. The van der Waals surface area contributed by atoms with Gasteiger partial charge >= 0.3 is 0 Å². The number of hydrogen-bond acceptors (Lipinski definition) is 2. The van der Waals surface area contributed by atoms with Crippen LogP contribution < -0.4 is 5.84 Å². The second-order valence-electron chi connectivity index (χ2n) is 4.74. The lowest BCUT2D eigenvalue weighted by Gasteiger charge is -2.08. The number of nitrogens with zero attached hydrogens (tertiary/aromatic N) is 2. The van der Waals surface area contributed by atoms with Crippen LogP contribution in [0.4, 0.5) is 0 Å². The summed E-state index contributed by atoms with van der Waals surface area (Å²) < 4.78 is 2.13. The van der Waals surface area contributed by atoms with Gasteiger partial charge in [-0.2, -0.15) is 5.10 Å². The number of hydrazone groups is 1. The Labute approximate surface area is 132 Å². The molecule has 0 spiro atoms. The van der Waals surface area contributed by atoms with E-state index < -0.39 is 0 Å². The van der Waals surface area contributed by atoms with E-state index in [0.717, 1.165) is 22.0 Å². The summed E-state index contributed by atoms with van der Waals surface area (Å²) in [6, 6.07) is 13.7. The molecule has 2 aromatic carbocycles. The summed E-state index contributed by atoms with van der Waals surface area (Å²) in [5.74, 6) is 5.28. The number of hydrogen-bond donors (Lipinski definition) is 1. The molecule has 0 radical (unpaired) electrons. The zero-order valence-electron chi connectivity index (χ0n) is 11.1. The molecule has 3 nitrogen and oxygen atoms in total. The Balaban J connectivity index is 2.08. The predicted molar refractivity (Wildman–Crippen MR) is 89.3 cm³/mol. The van der Waals surface area contributed by atoms with Crippen LogP contribution in [0.5, 0.6) is 0 Å². The third kappa shape index (κ3) is 2.75. The largest absolute Gasteiger partial charge is 0.342 e. The van der Waals surface area contributed by atoms with Crippen LogP contribution >= 0.6 is 23.2 Å². The summed E-state index contributed by atoms with van der Waals surface area (Å²) in [7, 11) is 0. The summed E-state index contributed by atoms with van der Waals surface area (Å²) in [5, 5.41) is 6.03. The van der Waals surface area contributed by atoms with Crippen molar-refractivity contribution in [1.82, 2.24) is 4.57 Å². The van der Waals surface area contributed by atoms with Gasteiger partial charge in [0.05, 0.1) is 6.21 Å². The summed E-state index contributed by atoms with van der Waals surface area (Å²) >= 11 is 12.2. The van der Waals surface area contributed by atoms with E-state index in [1.807, 2.05) is 36.5 Å². The van der Waals surface area contributed by atoms with Gasteiger partial charge in [0.1, 0.15) is 0 Å². The Morgan fingerprint density at radius 1 is 1.14 bits per heavy atom. The highest BCUT2D eigenvalue weighted by Crippen LogP contribution is 2.25. The van der Waals surface area contributed by atoms with Gasteiger partial charge in [-0.3, -0.25) is 0 Å². The molecule has 0 unspecified atom stereocenters. The molecule has 3 rings (SSSR count). The molecule has 0 bridgehead atoms. The van der Waals surface area contributed by atoms with E-state index in [4.69, 9.17) is 29.0 Å². The van der Waals surface area contributed by atoms with Crippen molar-refractivity contribution in [2.45, 2.75) is 6.54 Å². The lowest BCUT2D eigenvalue weighted by atomic mass is 10.2. The quantitative estimate of drug-likeness (QED) is 0.437. The van der Waals surface area contributed by atoms with Gasteiger partial charge in [0.25, 0.3) is 0 Å². The lowest BCUT2D eigenvalue weighted by molar-refractivity contribution is 0.836. The molecule has 5 heteroatoms. The summed E-state index contributed by atoms with van der Waals surface area (Å²) in [6.45, 7) is 0.662. The first-order chi connectivity index (χ1) is 10.2. The first-order valence-corrected chi connectivity index (χ1v) is 7.19. The Hall–Kier alpha value is -1.97. The third-order valence-corrected chi connectivity index (χ3v) is 3.98. The van der Waals surface area contributed by atoms with Gasteiger partial charge in [-0.05, 0) is 23.8 Å². The van der Waals surface area contributed by atoms with Crippen LogP contribution in [-0.2, 0) is 6.54 Å². The Kier molecular flexibility index (Phi) is 3.86.